The van der Waals surface area contributed by atoms with E-state index in [-0.39, 0.29) is 18.7 Å². The van der Waals surface area contributed by atoms with E-state index in [2.05, 4.69) is 28.7 Å². The minimum absolute atomic E-state index is 0.214. The predicted molar refractivity (Wildman–Crippen MR) is 89.4 cm³/mol. The molecule has 1 aliphatic heterocycles. The molecular weight excluding hydrogens is 383 g/mol. The van der Waals surface area contributed by atoms with Crippen molar-refractivity contribution in [2.24, 2.45) is 5.41 Å². The van der Waals surface area contributed by atoms with Gasteiger partial charge in [0.2, 0.25) is 0 Å². The molecule has 0 bridgehead atoms. The standard InChI is InChI=1S/C16H21IO4/c1-16(2,3)15(18)20-10-12-9-19-13-5-4-11(6-7-17)8-14(13)21-12/h4-5,8,12H,6-7,9-10H2,1-3H3/t12-/m0/s1. The number of aryl methyl sites for hydroxylation is 1. The Hall–Kier alpha value is -0.980. The van der Waals surface area contributed by atoms with E-state index in [4.69, 9.17) is 14.2 Å². The highest BCUT2D eigenvalue weighted by Crippen LogP contribution is 2.33. The lowest BCUT2D eigenvalue weighted by atomic mass is 9.97. The Morgan fingerprint density at radius 1 is 1.38 bits per heavy atom. The van der Waals surface area contributed by atoms with Crippen LogP contribution in [0.25, 0.3) is 0 Å². The van der Waals surface area contributed by atoms with Crippen LogP contribution >= 0.6 is 22.6 Å². The van der Waals surface area contributed by atoms with Crippen LogP contribution < -0.4 is 9.47 Å². The second-order valence-corrected chi connectivity index (χ2v) is 7.20. The van der Waals surface area contributed by atoms with Crippen molar-refractivity contribution in [1.82, 2.24) is 0 Å². The maximum atomic E-state index is 11.8. The molecule has 5 heteroatoms. The molecule has 0 N–H and O–H groups in total. The largest absolute Gasteiger partial charge is 0.486 e. The molecule has 1 aromatic carbocycles. The van der Waals surface area contributed by atoms with Crippen LogP contribution in [0, 0.1) is 5.41 Å². The molecule has 2 rings (SSSR count). The van der Waals surface area contributed by atoms with Gasteiger partial charge < -0.3 is 14.2 Å². The molecule has 0 aromatic heterocycles. The minimum atomic E-state index is -0.499. The van der Waals surface area contributed by atoms with Crippen LogP contribution in [0.15, 0.2) is 18.2 Å². The van der Waals surface area contributed by atoms with Crippen LogP contribution in [0.2, 0.25) is 0 Å². The number of rotatable bonds is 4. The Morgan fingerprint density at radius 3 is 2.81 bits per heavy atom. The summed E-state index contributed by atoms with van der Waals surface area (Å²) in [5.41, 5.74) is 0.722. The molecule has 1 aromatic rings. The second kappa shape index (κ2) is 6.85. The molecule has 0 amide bonds. The van der Waals surface area contributed by atoms with Crippen LogP contribution in [0.3, 0.4) is 0 Å². The summed E-state index contributed by atoms with van der Waals surface area (Å²) in [6.45, 7) is 6.11. The van der Waals surface area contributed by atoms with Crippen LogP contribution in [-0.2, 0) is 16.0 Å². The molecule has 1 atom stereocenters. The molecule has 1 aliphatic rings. The molecule has 4 nitrogen and oxygen atoms in total. The molecule has 0 fully saturated rings. The van der Waals surface area contributed by atoms with Crippen LogP contribution in [0.1, 0.15) is 26.3 Å². The van der Waals surface area contributed by atoms with Gasteiger partial charge in [0.15, 0.2) is 17.6 Å². The fourth-order valence-corrected chi connectivity index (χ4v) is 2.51. The van der Waals surface area contributed by atoms with Crippen molar-refractivity contribution >= 4 is 28.6 Å². The number of benzene rings is 1. The van der Waals surface area contributed by atoms with Crippen molar-refractivity contribution in [3.8, 4) is 11.5 Å². The first-order valence-corrected chi connectivity index (χ1v) is 8.58. The highest BCUT2D eigenvalue weighted by atomic mass is 127. The fraction of sp³-hybridized carbons (Fsp3) is 0.562. The quantitative estimate of drug-likeness (QED) is 0.439. The fourth-order valence-electron chi connectivity index (χ4n) is 1.89. The summed E-state index contributed by atoms with van der Waals surface area (Å²) in [4.78, 5) is 11.8. The Morgan fingerprint density at radius 2 is 2.14 bits per heavy atom. The molecule has 0 saturated carbocycles. The van der Waals surface area contributed by atoms with E-state index in [9.17, 15) is 4.79 Å². The van der Waals surface area contributed by atoms with Crippen molar-refractivity contribution in [2.45, 2.75) is 33.3 Å². The number of esters is 1. The zero-order valence-corrected chi connectivity index (χ0v) is 14.8. The van der Waals surface area contributed by atoms with Crippen molar-refractivity contribution in [3.05, 3.63) is 23.8 Å². The zero-order valence-electron chi connectivity index (χ0n) is 12.6. The number of hydrogen-bond acceptors (Lipinski definition) is 4. The van der Waals surface area contributed by atoms with E-state index in [0.717, 1.165) is 22.3 Å². The maximum Gasteiger partial charge on any atom is 0.311 e. The van der Waals surface area contributed by atoms with Gasteiger partial charge in [-0.2, -0.15) is 0 Å². The number of carbonyl (C=O) groups excluding carboxylic acids is 1. The van der Waals surface area contributed by atoms with Gasteiger partial charge in [0.1, 0.15) is 13.2 Å². The normalized spacial score (nSPS) is 17.4. The zero-order chi connectivity index (χ0) is 15.5. The van der Waals surface area contributed by atoms with E-state index in [1.165, 1.54) is 5.56 Å². The van der Waals surface area contributed by atoms with Crippen molar-refractivity contribution in [3.63, 3.8) is 0 Å². The lowest BCUT2D eigenvalue weighted by Crippen LogP contribution is -2.36. The summed E-state index contributed by atoms with van der Waals surface area (Å²) in [6.07, 6.45) is 0.750. The number of fused-ring (bicyclic) bond motifs is 1. The molecule has 1 heterocycles. The third kappa shape index (κ3) is 4.49. The Labute approximate surface area is 139 Å². The lowest BCUT2D eigenvalue weighted by Gasteiger charge is -2.27. The van der Waals surface area contributed by atoms with Gasteiger partial charge in [-0.25, -0.2) is 0 Å². The molecule has 0 aliphatic carbocycles. The van der Waals surface area contributed by atoms with Gasteiger partial charge in [0.25, 0.3) is 0 Å². The molecule has 116 valence electrons. The van der Waals surface area contributed by atoms with Crippen LogP contribution in [-0.4, -0.2) is 29.7 Å². The van der Waals surface area contributed by atoms with Crippen molar-refractivity contribution in [2.75, 3.05) is 17.6 Å². The summed E-state index contributed by atoms with van der Waals surface area (Å²) < 4.78 is 17.9. The van der Waals surface area contributed by atoms with Crippen molar-refractivity contribution < 1.29 is 19.0 Å². The number of ether oxygens (including phenoxy) is 3. The monoisotopic (exact) mass is 404 g/mol. The molecule has 0 saturated heterocycles. The van der Waals surface area contributed by atoms with E-state index >= 15 is 0 Å². The third-order valence-corrected chi connectivity index (χ3v) is 3.66. The first-order chi connectivity index (χ1) is 9.90. The summed E-state index contributed by atoms with van der Waals surface area (Å²) in [7, 11) is 0. The first kappa shape index (κ1) is 16.4. The highest BCUT2D eigenvalue weighted by Gasteiger charge is 2.27. The first-order valence-electron chi connectivity index (χ1n) is 7.05. The average molecular weight is 404 g/mol. The Kier molecular flexibility index (Phi) is 5.35. The minimum Gasteiger partial charge on any atom is -0.486 e. The third-order valence-electron chi connectivity index (χ3n) is 3.12. The van der Waals surface area contributed by atoms with Gasteiger partial charge in [-0.1, -0.05) is 28.7 Å². The van der Waals surface area contributed by atoms with Gasteiger partial charge in [-0.3, -0.25) is 4.79 Å². The molecule has 0 spiro atoms. The van der Waals surface area contributed by atoms with Gasteiger partial charge >= 0.3 is 5.97 Å². The summed E-state index contributed by atoms with van der Waals surface area (Å²) in [5, 5.41) is 0. The highest BCUT2D eigenvalue weighted by molar-refractivity contribution is 14.1. The molecule has 0 unspecified atom stereocenters. The van der Waals surface area contributed by atoms with E-state index in [0.29, 0.717) is 6.61 Å². The second-order valence-electron chi connectivity index (χ2n) is 6.12. The maximum absolute atomic E-state index is 11.8. The number of hydrogen-bond donors (Lipinski definition) is 0. The number of carbonyl (C=O) groups is 1. The molecular formula is C16H21IO4. The SMILES string of the molecule is CC(C)(C)C(=O)OC[C@@H]1COc2ccc(CCI)cc2O1. The van der Waals surface area contributed by atoms with E-state index < -0.39 is 5.41 Å². The number of halogens is 1. The van der Waals surface area contributed by atoms with Gasteiger partial charge in [0.05, 0.1) is 5.41 Å². The number of alkyl halides is 1. The summed E-state index contributed by atoms with van der Waals surface area (Å²) in [6, 6.07) is 6.00. The smallest absolute Gasteiger partial charge is 0.311 e. The van der Waals surface area contributed by atoms with Gasteiger partial charge in [-0.15, -0.1) is 0 Å². The van der Waals surface area contributed by atoms with E-state index in [1.807, 2.05) is 32.9 Å². The average Bonchev–Trinajstić information content (AvgIpc) is 2.43. The predicted octanol–water partition coefficient (Wildman–Crippen LogP) is 3.39. The summed E-state index contributed by atoms with van der Waals surface area (Å²) in [5.74, 6) is 1.27. The van der Waals surface area contributed by atoms with Crippen molar-refractivity contribution in [1.29, 1.82) is 0 Å². The van der Waals surface area contributed by atoms with Crippen LogP contribution in [0.4, 0.5) is 0 Å². The molecule has 21 heavy (non-hydrogen) atoms. The molecule has 0 radical (unpaired) electrons. The van der Waals surface area contributed by atoms with E-state index in [1.54, 1.807) is 0 Å². The van der Waals surface area contributed by atoms with Gasteiger partial charge in [0, 0.05) is 4.43 Å². The van der Waals surface area contributed by atoms with Gasteiger partial charge in [-0.05, 0) is 44.9 Å². The lowest BCUT2D eigenvalue weighted by molar-refractivity contribution is -0.156. The Bertz CT molecular complexity index is 507. The van der Waals surface area contributed by atoms with Crippen LogP contribution in [0.5, 0.6) is 11.5 Å². The summed E-state index contributed by atoms with van der Waals surface area (Å²) >= 11 is 2.35. The topological polar surface area (TPSA) is 44.8 Å². The Balaban J connectivity index is 1.95.